The molecule has 0 amide bonds. The molecule has 0 radical (unpaired) electrons. The molecule has 1 aliphatic heterocycles. The standard InChI is InChI=1S/C21H25NO/c1-15-4-7-18-12-19(9-8-17(18)11-15)21(23)20-3-2-10-22(14-20)13-16-5-6-16/h4,7-9,11-12,16,20H,2-3,5-6,10,13-14H2,1H3. The second-order valence-electron chi connectivity index (χ2n) is 7.47. The molecular formula is C21H25NO. The second-order valence-corrected chi connectivity index (χ2v) is 7.47. The second kappa shape index (κ2) is 6.09. The van der Waals surface area contributed by atoms with E-state index in [1.807, 2.05) is 6.07 Å². The number of carbonyl (C=O) groups is 1. The number of benzene rings is 2. The number of piperidine rings is 1. The van der Waals surface area contributed by atoms with Gasteiger partial charge in [0, 0.05) is 24.6 Å². The van der Waals surface area contributed by atoms with E-state index in [4.69, 9.17) is 0 Å². The van der Waals surface area contributed by atoms with E-state index >= 15 is 0 Å². The highest BCUT2D eigenvalue weighted by molar-refractivity contribution is 6.01. The first kappa shape index (κ1) is 14.9. The zero-order chi connectivity index (χ0) is 15.8. The van der Waals surface area contributed by atoms with E-state index in [1.165, 1.54) is 42.3 Å². The predicted molar refractivity (Wildman–Crippen MR) is 94.9 cm³/mol. The van der Waals surface area contributed by atoms with Gasteiger partial charge in [-0.25, -0.2) is 0 Å². The quantitative estimate of drug-likeness (QED) is 0.778. The van der Waals surface area contributed by atoms with Gasteiger partial charge in [-0.2, -0.15) is 0 Å². The number of likely N-dealkylation sites (tertiary alicyclic amines) is 1. The van der Waals surface area contributed by atoms with Crippen LogP contribution >= 0.6 is 0 Å². The Morgan fingerprint density at radius 1 is 1.09 bits per heavy atom. The van der Waals surface area contributed by atoms with Gasteiger partial charge in [0.15, 0.2) is 5.78 Å². The van der Waals surface area contributed by atoms with Crippen molar-refractivity contribution >= 4 is 16.6 Å². The van der Waals surface area contributed by atoms with Crippen LogP contribution in [0.4, 0.5) is 0 Å². The highest BCUT2D eigenvalue weighted by Crippen LogP contribution is 2.32. The Balaban J connectivity index is 1.52. The molecule has 120 valence electrons. The Kier molecular flexibility index (Phi) is 3.94. The molecule has 0 aromatic heterocycles. The number of ketones is 1. The zero-order valence-electron chi connectivity index (χ0n) is 13.9. The molecule has 4 rings (SSSR count). The highest BCUT2D eigenvalue weighted by Gasteiger charge is 2.30. The van der Waals surface area contributed by atoms with Crippen LogP contribution in [-0.4, -0.2) is 30.3 Å². The molecule has 0 bridgehead atoms. The first-order valence-corrected chi connectivity index (χ1v) is 8.96. The van der Waals surface area contributed by atoms with Crippen LogP contribution < -0.4 is 0 Å². The first-order valence-electron chi connectivity index (χ1n) is 8.96. The van der Waals surface area contributed by atoms with Gasteiger partial charge in [0.1, 0.15) is 0 Å². The van der Waals surface area contributed by atoms with E-state index in [-0.39, 0.29) is 5.92 Å². The van der Waals surface area contributed by atoms with E-state index in [0.717, 1.165) is 30.9 Å². The van der Waals surface area contributed by atoms with Crippen molar-refractivity contribution in [3.8, 4) is 0 Å². The molecule has 1 atom stereocenters. The number of rotatable bonds is 4. The van der Waals surface area contributed by atoms with Gasteiger partial charge in [0.05, 0.1) is 0 Å². The molecule has 2 aromatic carbocycles. The van der Waals surface area contributed by atoms with Crippen molar-refractivity contribution in [2.24, 2.45) is 11.8 Å². The summed E-state index contributed by atoms with van der Waals surface area (Å²) in [4.78, 5) is 15.5. The van der Waals surface area contributed by atoms with Gasteiger partial charge in [-0.3, -0.25) is 4.79 Å². The summed E-state index contributed by atoms with van der Waals surface area (Å²) in [5, 5.41) is 2.40. The van der Waals surface area contributed by atoms with Gasteiger partial charge in [0.25, 0.3) is 0 Å². The minimum Gasteiger partial charge on any atom is -0.302 e. The van der Waals surface area contributed by atoms with Crippen LogP contribution in [0.2, 0.25) is 0 Å². The third-order valence-corrected chi connectivity index (χ3v) is 5.37. The van der Waals surface area contributed by atoms with Crippen LogP contribution in [0.3, 0.4) is 0 Å². The van der Waals surface area contributed by atoms with Crippen molar-refractivity contribution in [2.75, 3.05) is 19.6 Å². The Morgan fingerprint density at radius 2 is 1.87 bits per heavy atom. The molecule has 0 spiro atoms. The van der Waals surface area contributed by atoms with Crippen molar-refractivity contribution < 1.29 is 4.79 Å². The van der Waals surface area contributed by atoms with Crippen molar-refractivity contribution in [3.05, 3.63) is 47.5 Å². The van der Waals surface area contributed by atoms with E-state index < -0.39 is 0 Å². The molecule has 1 aliphatic carbocycles. The summed E-state index contributed by atoms with van der Waals surface area (Å²) < 4.78 is 0. The lowest BCUT2D eigenvalue weighted by Crippen LogP contribution is -2.39. The largest absolute Gasteiger partial charge is 0.302 e. The Hall–Kier alpha value is -1.67. The summed E-state index contributed by atoms with van der Waals surface area (Å²) >= 11 is 0. The molecule has 1 saturated heterocycles. The molecule has 1 saturated carbocycles. The number of hydrogen-bond acceptors (Lipinski definition) is 2. The number of aryl methyl sites for hydroxylation is 1. The molecule has 2 nitrogen and oxygen atoms in total. The first-order chi connectivity index (χ1) is 11.2. The lowest BCUT2D eigenvalue weighted by Gasteiger charge is -2.32. The smallest absolute Gasteiger partial charge is 0.167 e. The molecule has 2 aromatic rings. The fourth-order valence-corrected chi connectivity index (χ4v) is 3.86. The van der Waals surface area contributed by atoms with Gasteiger partial charge in [0.2, 0.25) is 0 Å². The minimum absolute atomic E-state index is 0.186. The lowest BCUT2D eigenvalue weighted by molar-refractivity contribution is 0.0815. The average Bonchev–Trinajstić information content (AvgIpc) is 3.38. The van der Waals surface area contributed by atoms with Gasteiger partial charge in [-0.15, -0.1) is 0 Å². The lowest BCUT2D eigenvalue weighted by atomic mass is 9.89. The predicted octanol–water partition coefficient (Wildman–Crippen LogP) is 4.45. The van der Waals surface area contributed by atoms with Crippen LogP contribution in [-0.2, 0) is 0 Å². The van der Waals surface area contributed by atoms with Crippen LogP contribution in [0.15, 0.2) is 36.4 Å². The number of Topliss-reactive ketones (excluding diaryl/α,β-unsaturated/α-hetero) is 1. The Labute approximate surface area is 138 Å². The van der Waals surface area contributed by atoms with Crippen molar-refractivity contribution in [1.29, 1.82) is 0 Å². The number of hydrogen-bond donors (Lipinski definition) is 0. The normalized spacial score (nSPS) is 22.4. The molecule has 23 heavy (non-hydrogen) atoms. The van der Waals surface area contributed by atoms with Crippen LogP contribution in [0, 0.1) is 18.8 Å². The number of nitrogens with zero attached hydrogens (tertiary/aromatic N) is 1. The van der Waals surface area contributed by atoms with E-state index in [9.17, 15) is 4.79 Å². The Morgan fingerprint density at radius 3 is 2.70 bits per heavy atom. The van der Waals surface area contributed by atoms with Gasteiger partial charge in [-0.1, -0.05) is 35.9 Å². The van der Waals surface area contributed by atoms with Crippen molar-refractivity contribution in [2.45, 2.75) is 32.6 Å². The maximum absolute atomic E-state index is 12.9. The van der Waals surface area contributed by atoms with Gasteiger partial charge < -0.3 is 4.90 Å². The van der Waals surface area contributed by atoms with Crippen molar-refractivity contribution in [1.82, 2.24) is 4.90 Å². The third kappa shape index (κ3) is 3.32. The van der Waals surface area contributed by atoms with Gasteiger partial charge in [-0.05, 0) is 61.9 Å². The van der Waals surface area contributed by atoms with Crippen LogP contribution in [0.5, 0.6) is 0 Å². The number of fused-ring (bicyclic) bond motifs is 1. The summed E-state index contributed by atoms with van der Waals surface area (Å²) in [6.45, 7) is 5.45. The summed E-state index contributed by atoms with van der Waals surface area (Å²) in [5.41, 5.74) is 2.15. The maximum atomic E-state index is 12.9. The summed E-state index contributed by atoms with van der Waals surface area (Å²) in [5.74, 6) is 1.44. The third-order valence-electron chi connectivity index (χ3n) is 5.37. The fraction of sp³-hybridized carbons (Fsp3) is 0.476. The molecule has 1 heterocycles. The maximum Gasteiger partial charge on any atom is 0.167 e. The monoisotopic (exact) mass is 307 g/mol. The topological polar surface area (TPSA) is 20.3 Å². The molecule has 0 N–H and O–H groups in total. The molecular weight excluding hydrogens is 282 g/mol. The van der Waals surface area contributed by atoms with E-state index in [2.05, 4.69) is 42.2 Å². The fourth-order valence-electron chi connectivity index (χ4n) is 3.86. The van der Waals surface area contributed by atoms with E-state index in [1.54, 1.807) is 0 Å². The minimum atomic E-state index is 0.186. The average molecular weight is 307 g/mol. The molecule has 2 fully saturated rings. The summed E-state index contributed by atoms with van der Waals surface area (Å²) in [6.07, 6.45) is 4.99. The van der Waals surface area contributed by atoms with Crippen LogP contribution in [0.25, 0.3) is 10.8 Å². The summed E-state index contributed by atoms with van der Waals surface area (Å²) in [6, 6.07) is 12.6. The van der Waals surface area contributed by atoms with Gasteiger partial charge >= 0.3 is 0 Å². The SMILES string of the molecule is Cc1ccc2cc(C(=O)C3CCCN(CC4CC4)C3)ccc2c1. The highest BCUT2D eigenvalue weighted by atomic mass is 16.1. The molecule has 1 unspecified atom stereocenters. The molecule has 2 aliphatic rings. The van der Waals surface area contributed by atoms with Crippen LogP contribution in [0.1, 0.15) is 41.6 Å². The number of carbonyl (C=O) groups excluding carboxylic acids is 1. The van der Waals surface area contributed by atoms with Crippen molar-refractivity contribution in [3.63, 3.8) is 0 Å². The summed E-state index contributed by atoms with van der Waals surface area (Å²) in [7, 11) is 0. The van der Waals surface area contributed by atoms with E-state index in [0.29, 0.717) is 5.78 Å². The Bertz CT molecular complexity index is 732. The molecule has 2 heteroatoms. The zero-order valence-corrected chi connectivity index (χ0v) is 13.9.